The van der Waals surface area contributed by atoms with E-state index in [1.54, 1.807) is 6.07 Å². The van der Waals surface area contributed by atoms with Crippen LogP contribution in [0, 0.1) is 20.8 Å². The van der Waals surface area contributed by atoms with Gasteiger partial charge in [0.15, 0.2) is 0 Å². The molecule has 3 heteroatoms. The number of rotatable bonds is 2. The van der Waals surface area contributed by atoms with E-state index in [1.807, 2.05) is 51.1 Å². The van der Waals surface area contributed by atoms with Gasteiger partial charge in [0.2, 0.25) is 0 Å². The van der Waals surface area contributed by atoms with Crippen LogP contribution >= 0.6 is 0 Å². The van der Waals surface area contributed by atoms with Gasteiger partial charge in [-0.3, -0.25) is 4.79 Å². The number of amides is 1. The quantitative estimate of drug-likeness (QED) is 0.806. The molecule has 0 fully saturated rings. The maximum absolute atomic E-state index is 12.3. The van der Waals surface area contributed by atoms with Crippen molar-refractivity contribution in [3.63, 3.8) is 0 Å². The summed E-state index contributed by atoms with van der Waals surface area (Å²) in [5, 5.41) is 2.93. The van der Waals surface area contributed by atoms with Crippen LogP contribution in [0.25, 0.3) is 0 Å². The van der Waals surface area contributed by atoms with Crippen LogP contribution < -0.4 is 11.1 Å². The van der Waals surface area contributed by atoms with Gasteiger partial charge in [0.05, 0.1) is 5.56 Å². The van der Waals surface area contributed by atoms with Crippen LogP contribution in [0.15, 0.2) is 36.4 Å². The van der Waals surface area contributed by atoms with Crippen molar-refractivity contribution in [2.45, 2.75) is 20.8 Å². The van der Waals surface area contributed by atoms with E-state index in [0.717, 1.165) is 22.4 Å². The number of anilines is 2. The molecule has 1 amide bonds. The third-order valence-electron chi connectivity index (χ3n) is 3.38. The van der Waals surface area contributed by atoms with Crippen molar-refractivity contribution >= 4 is 17.3 Å². The van der Waals surface area contributed by atoms with Gasteiger partial charge in [-0.05, 0) is 49.6 Å². The topological polar surface area (TPSA) is 55.1 Å². The number of benzene rings is 2. The SMILES string of the molecule is Cc1cccc(NC(=O)c2c(C)cccc2N)c1C. The molecule has 2 aromatic carbocycles. The molecule has 98 valence electrons. The first-order chi connectivity index (χ1) is 9.00. The van der Waals surface area contributed by atoms with Crippen LogP contribution in [0.5, 0.6) is 0 Å². The van der Waals surface area contributed by atoms with Gasteiger partial charge in [-0.2, -0.15) is 0 Å². The number of nitrogens with one attached hydrogen (secondary N) is 1. The lowest BCUT2D eigenvalue weighted by Crippen LogP contribution is -2.16. The molecule has 3 N–H and O–H groups in total. The van der Waals surface area contributed by atoms with E-state index in [4.69, 9.17) is 5.73 Å². The van der Waals surface area contributed by atoms with Gasteiger partial charge >= 0.3 is 0 Å². The molecule has 2 aromatic rings. The van der Waals surface area contributed by atoms with Gasteiger partial charge < -0.3 is 11.1 Å². The average Bonchev–Trinajstić information content (AvgIpc) is 2.35. The Labute approximate surface area is 113 Å². The first-order valence-electron chi connectivity index (χ1n) is 6.23. The monoisotopic (exact) mass is 254 g/mol. The van der Waals surface area contributed by atoms with Crippen molar-refractivity contribution in [3.8, 4) is 0 Å². The highest BCUT2D eigenvalue weighted by molar-refractivity contribution is 6.09. The standard InChI is InChI=1S/C16H18N2O/c1-10-6-5-9-14(12(10)3)18-16(19)15-11(2)7-4-8-13(15)17/h4-9H,17H2,1-3H3,(H,18,19). The maximum Gasteiger partial charge on any atom is 0.258 e. The summed E-state index contributed by atoms with van der Waals surface area (Å²) in [6.07, 6.45) is 0. The van der Waals surface area contributed by atoms with Gasteiger partial charge in [0, 0.05) is 11.4 Å². The molecule has 0 aliphatic rings. The molecular weight excluding hydrogens is 236 g/mol. The predicted molar refractivity (Wildman–Crippen MR) is 79.5 cm³/mol. The fourth-order valence-electron chi connectivity index (χ4n) is 2.07. The van der Waals surface area contributed by atoms with Gasteiger partial charge in [0.25, 0.3) is 5.91 Å². The summed E-state index contributed by atoms with van der Waals surface area (Å²) in [4.78, 5) is 12.3. The third-order valence-corrected chi connectivity index (χ3v) is 3.38. The Kier molecular flexibility index (Phi) is 3.56. The molecule has 19 heavy (non-hydrogen) atoms. The number of nitrogens with two attached hydrogens (primary N) is 1. The molecule has 3 nitrogen and oxygen atoms in total. The summed E-state index contributed by atoms with van der Waals surface area (Å²) >= 11 is 0. The van der Waals surface area contributed by atoms with Crippen LogP contribution in [0.3, 0.4) is 0 Å². The van der Waals surface area contributed by atoms with Crippen molar-refractivity contribution in [1.29, 1.82) is 0 Å². The molecule has 0 spiro atoms. The highest BCUT2D eigenvalue weighted by Gasteiger charge is 2.13. The second-order valence-electron chi connectivity index (χ2n) is 4.74. The van der Waals surface area contributed by atoms with Crippen molar-refractivity contribution in [2.75, 3.05) is 11.1 Å². The van der Waals surface area contributed by atoms with Gasteiger partial charge in [-0.15, -0.1) is 0 Å². The van der Waals surface area contributed by atoms with Crippen molar-refractivity contribution in [3.05, 3.63) is 58.7 Å². The number of hydrogen-bond donors (Lipinski definition) is 2. The number of nitrogen functional groups attached to an aromatic ring is 1. The molecule has 2 rings (SSSR count). The highest BCUT2D eigenvalue weighted by atomic mass is 16.1. The van der Waals surface area contributed by atoms with Crippen molar-refractivity contribution in [1.82, 2.24) is 0 Å². The first-order valence-corrected chi connectivity index (χ1v) is 6.23. The maximum atomic E-state index is 12.3. The number of carbonyl (C=O) groups is 1. The largest absolute Gasteiger partial charge is 0.398 e. The summed E-state index contributed by atoms with van der Waals surface area (Å²) in [7, 11) is 0. The smallest absolute Gasteiger partial charge is 0.258 e. The summed E-state index contributed by atoms with van der Waals surface area (Å²) in [6.45, 7) is 5.90. The molecule has 0 radical (unpaired) electrons. The summed E-state index contributed by atoms with van der Waals surface area (Å²) in [5.41, 5.74) is 10.9. The fraction of sp³-hybridized carbons (Fsp3) is 0.188. The lowest BCUT2D eigenvalue weighted by Gasteiger charge is -2.13. The Morgan fingerprint density at radius 2 is 1.63 bits per heavy atom. The van der Waals surface area contributed by atoms with E-state index in [-0.39, 0.29) is 5.91 Å². The van der Waals surface area contributed by atoms with Crippen LogP contribution in [-0.4, -0.2) is 5.91 Å². The Balaban J connectivity index is 2.34. The minimum atomic E-state index is -0.163. The lowest BCUT2D eigenvalue weighted by molar-refractivity contribution is 0.102. The molecular formula is C16H18N2O. The van der Waals surface area contributed by atoms with Crippen LogP contribution in [0.1, 0.15) is 27.0 Å². The summed E-state index contributed by atoms with van der Waals surface area (Å²) in [5.74, 6) is -0.163. The fourth-order valence-corrected chi connectivity index (χ4v) is 2.07. The molecule has 0 unspecified atom stereocenters. The van der Waals surface area contributed by atoms with Gasteiger partial charge in [-0.1, -0.05) is 24.3 Å². The van der Waals surface area contributed by atoms with Crippen LogP contribution in [-0.2, 0) is 0 Å². The van der Waals surface area contributed by atoms with Gasteiger partial charge in [-0.25, -0.2) is 0 Å². The molecule has 0 aromatic heterocycles. The first kappa shape index (κ1) is 13.1. The zero-order valence-corrected chi connectivity index (χ0v) is 11.4. The number of carbonyl (C=O) groups excluding carboxylic acids is 1. The molecule has 0 aliphatic heterocycles. The van der Waals surface area contributed by atoms with Crippen molar-refractivity contribution < 1.29 is 4.79 Å². The molecule has 0 aliphatic carbocycles. The van der Waals surface area contributed by atoms with E-state index in [0.29, 0.717) is 11.3 Å². The Bertz CT molecular complexity index is 612. The van der Waals surface area contributed by atoms with Gasteiger partial charge in [0.1, 0.15) is 0 Å². The molecule has 0 atom stereocenters. The Morgan fingerprint density at radius 3 is 2.32 bits per heavy atom. The summed E-state index contributed by atoms with van der Waals surface area (Å²) < 4.78 is 0. The minimum Gasteiger partial charge on any atom is -0.398 e. The Hall–Kier alpha value is -2.29. The third kappa shape index (κ3) is 2.60. The second kappa shape index (κ2) is 5.14. The molecule has 0 saturated heterocycles. The van der Waals surface area contributed by atoms with Crippen LogP contribution in [0.2, 0.25) is 0 Å². The molecule has 0 heterocycles. The lowest BCUT2D eigenvalue weighted by atomic mass is 10.0. The minimum absolute atomic E-state index is 0.163. The van der Waals surface area contributed by atoms with E-state index in [1.165, 1.54) is 0 Å². The zero-order chi connectivity index (χ0) is 14.0. The van der Waals surface area contributed by atoms with E-state index >= 15 is 0 Å². The number of hydrogen-bond acceptors (Lipinski definition) is 2. The summed E-state index contributed by atoms with van der Waals surface area (Å²) in [6, 6.07) is 11.3. The predicted octanol–water partition coefficient (Wildman–Crippen LogP) is 3.45. The number of aryl methyl sites for hydroxylation is 2. The molecule has 0 saturated carbocycles. The van der Waals surface area contributed by atoms with E-state index < -0.39 is 0 Å². The van der Waals surface area contributed by atoms with E-state index in [9.17, 15) is 4.79 Å². The second-order valence-corrected chi connectivity index (χ2v) is 4.74. The Morgan fingerprint density at radius 1 is 1.00 bits per heavy atom. The zero-order valence-electron chi connectivity index (χ0n) is 11.4. The van der Waals surface area contributed by atoms with Crippen LogP contribution in [0.4, 0.5) is 11.4 Å². The average molecular weight is 254 g/mol. The normalized spacial score (nSPS) is 10.3. The molecule has 0 bridgehead atoms. The highest BCUT2D eigenvalue weighted by Crippen LogP contribution is 2.21. The van der Waals surface area contributed by atoms with E-state index in [2.05, 4.69) is 5.32 Å². The van der Waals surface area contributed by atoms with Crippen molar-refractivity contribution in [2.24, 2.45) is 0 Å².